The molecule has 0 radical (unpaired) electrons. The number of ether oxygens (including phenoxy) is 3. The van der Waals surface area contributed by atoms with Crippen molar-refractivity contribution in [3.63, 3.8) is 0 Å². The summed E-state index contributed by atoms with van der Waals surface area (Å²) in [5.41, 5.74) is 3.06. The number of carbonyl (C=O) groups is 1. The van der Waals surface area contributed by atoms with E-state index in [0.717, 1.165) is 38.7 Å². The van der Waals surface area contributed by atoms with Crippen molar-refractivity contribution < 1.29 is 19.0 Å². The van der Waals surface area contributed by atoms with Crippen LogP contribution in [0.5, 0.6) is 5.75 Å². The van der Waals surface area contributed by atoms with Crippen LogP contribution in [0.1, 0.15) is 22.2 Å². The lowest BCUT2D eigenvalue weighted by Gasteiger charge is -2.09. The van der Waals surface area contributed by atoms with E-state index in [9.17, 15) is 4.79 Å². The number of methoxy groups -OCH3 is 2. The number of pyridine rings is 1. The number of aromatic nitrogens is 2. The van der Waals surface area contributed by atoms with Gasteiger partial charge in [0.25, 0.3) is 0 Å². The van der Waals surface area contributed by atoms with Gasteiger partial charge >= 0.3 is 5.97 Å². The van der Waals surface area contributed by atoms with Gasteiger partial charge in [-0.05, 0) is 36.1 Å². The van der Waals surface area contributed by atoms with E-state index in [0.29, 0.717) is 29.7 Å². The Hall–Kier alpha value is -3.27. The maximum Gasteiger partial charge on any atom is 0.341 e. The zero-order valence-corrected chi connectivity index (χ0v) is 20.8. The summed E-state index contributed by atoms with van der Waals surface area (Å²) in [6, 6.07) is 13.6. The van der Waals surface area contributed by atoms with Gasteiger partial charge in [0.2, 0.25) is 0 Å². The van der Waals surface area contributed by atoms with Gasteiger partial charge in [0.15, 0.2) is 5.13 Å². The van der Waals surface area contributed by atoms with Crippen LogP contribution in [-0.2, 0) is 15.9 Å². The molecule has 0 aliphatic rings. The van der Waals surface area contributed by atoms with Crippen molar-refractivity contribution in [2.45, 2.75) is 13.3 Å². The van der Waals surface area contributed by atoms with Crippen molar-refractivity contribution in [1.29, 1.82) is 0 Å². The molecule has 176 valence electrons. The molecule has 0 aliphatic heterocycles. The van der Waals surface area contributed by atoms with Gasteiger partial charge in [0.05, 0.1) is 19.4 Å². The number of nitrogens with one attached hydrogen (secondary N) is 1. The third-order valence-electron chi connectivity index (χ3n) is 5.01. The maximum absolute atomic E-state index is 12.5. The zero-order chi connectivity index (χ0) is 23.9. The first-order valence-corrected chi connectivity index (χ1v) is 12.4. The minimum Gasteiger partial charge on any atom is -0.491 e. The van der Waals surface area contributed by atoms with Crippen molar-refractivity contribution in [3.8, 4) is 27.4 Å². The Bertz CT molecular complexity index is 1260. The number of thiophene rings is 1. The van der Waals surface area contributed by atoms with Crippen LogP contribution in [0.4, 0.5) is 10.9 Å². The number of carbonyl (C=O) groups excluding carboxylic acids is 1. The minimum absolute atomic E-state index is 0.358. The molecule has 0 bridgehead atoms. The second-order valence-electron chi connectivity index (χ2n) is 7.23. The standard InChI is InChI=1S/C25H25N3O4S2/c1-4-20-22(16-7-5-8-18(13-16)32-11-10-30-2)27-25(34-20)28-23-19(24(29)31-3)14-17(15-26-23)21-9-6-12-33-21/h5-9,12-15H,4,10-11H2,1-3H3,(H,26,27,28). The van der Waals surface area contributed by atoms with Crippen molar-refractivity contribution >= 4 is 39.6 Å². The van der Waals surface area contributed by atoms with Crippen molar-refractivity contribution in [1.82, 2.24) is 9.97 Å². The van der Waals surface area contributed by atoms with E-state index in [1.54, 1.807) is 30.7 Å². The van der Waals surface area contributed by atoms with E-state index < -0.39 is 5.97 Å². The summed E-state index contributed by atoms with van der Waals surface area (Å²) in [7, 11) is 3.01. The number of esters is 1. The van der Waals surface area contributed by atoms with E-state index in [4.69, 9.17) is 19.2 Å². The summed E-state index contributed by atoms with van der Waals surface area (Å²) >= 11 is 3.12. The van der Waals surface area contributed by atoms with Crippen molar-refractivity contribution in [3.05, 3.63) is 64.5 Å². The fraction of sp³-hybridized carbons (Fsp3) is 0.240. The molecule has 34 heavy (non-hydrogen) atoms. The number of hydrogen-bond acceptors (Lipinski definition) is 9. The van der Waals surface area contributed by atoms with Gasteiger partial charge in [-0.2, -0.15) is 0 Å². The van der Waals surface area contributed by atoms with Crippen molar-refractivity contribution in [2.75, 3.05) is 32.8 Å². The van der Waals surface area contributed by atoms with Gasteiger partial charge in [0.1, 0.15) is 23.7 Å². The highest BCUT2D eigenvalue weighted by atomic mass is 32.1. The number of nitrogens with zero attached hydrogens (tertiary/aromatic N) is 2. The number of rotatable bonds is 10. The van der Waals surface area contributed by atoms with Crippen LogP contribution >= 0.6 is 22.7 Å². The predicted molar refractivity (Wildman–Crippen MR) is 136 cm³/mol. The minimum atomic E-state index is -0.457. The van der Waals surface area contributed by atoms with Gasteiger partial charge in [-0.1, -0.05) is 25.1 Å². The normalized spacial score (nSPS) is 10.8. The molecule has 4 rings (SSSR count). The zero-order valence-electron chi connectivity index (χ0n) is 19.2. The lowest BCUT2D eigenvalue weighted by molar-refractivity contribution is 0.0601. The molecule has 9 heteroatoms. The molecule has 4 aromatic rings. The number of anilines is 2. The molecule has 7 nitrogen and oxygen atoms in total. The molecule has 0 aliphatic carbocycles. The summed E-state index contributed by atoms with van der Waals surface area (Å²) in [6.45, 7) is 3.09. The molecule has 0 amide bonds. The molecule has 0 unspecified atom stereocenters. The van der Waals surface area contributed by atoms with Crippen LogP contribution in [0.3, 0.4) is 0 Å². The van der Waals surface area contributed by atoms with Crippen molar-refractivity contribution in [2.24, 2.45) is 0 Å². The van der Waals surface area contributed by atoms with Gasteiger partial charge < -0.3 is 19.5 Å². The second kappa shape index (κ2) is 11.2. The van der Waals surface area contributed by atoms with E-state index >= 15 is 0 Å². The fourth-order valence-electron chi connectivity index (χ4n) is 3.36. The maximum atomic E-state index is 12.5. The smallest absolute Gasteiger partial charge is 0.341 e. The van der Waals surface area contributed by atoms with Gasteiger partial charge in [0, 0.05) is 34.2 Å². The van der Waals surface area contributed by atoms with E-state index in [-0.39, 0.29) is 0 Å². The summed E-state index contributed by atoms with van der Waals surface area (Å²) in [6.07, 6.45) is 2.56. The van der Waals surface area contributed by atoms with E-state index in [2.05, 4.69) is 17.2 Å². The van der Waals surface area contributed by atoms with Crippen LogP contribution in [-0.4, -0.2) is 43.4 Å². The number of benzene rings is 1. The molecule has 0 saturated heterocycles. The van der Waals surface area contributed by atoms with Crippen LogP contribution in [0.2, 0.25) is 0 Å². The predicted octanol–water partition coefficient (Wildman–Crippen LogP) is 6.05. The third kappa shape index (κ3) is 5.44. The van der Waals surface area contributed by atoms with E-state index in [1.807, 2.05) is 41.8 Å². The monoisotopic (exact) mass is 495 g/mol. The molecule has 3 heterocycles. The molecule has 1 aromatic carbocycles. The van der Waals surface area contributed by atoms with Crippen LogP contribution < -0.4 is 10.1 Å². The average molecular weight is 496 g/mol. The Morgan fingerprint density at radius 1 is 1.09 bits per heavy atom. The lowest BCUT2D eigenvalue weighted by Crippen LogP contribution is -2.07. The molecular weight excluding hydrogens is 470 g/mol. The summed E-state index contributed by atoms with van der Waals surface area (Å²) in [5, 5.41) is 5.87. The largest absolute Gasteiger partial charge is 0.491 e. The molecule has 0 fully saturated rings. The Kier molecular flexibility index (Phi) is 7.89. The first-order chi connectivity index (χ1) is 16.6. The third-order valence-corrected chi connectivity index (χ3v) is 7.04. The summed E-state index contributed by atoms with van der Waals surface area (Å²) < 4.78 is 15.8. The second-order valence-corrected chi connectivity index (χ2v) is 9.26. The Labute approximate surface area is 206 Å². The fourth-order valence-corrected chi connectivity index (χ4v) is 4.99. The number of aryl methyl sites for hydroxylation is 1. The van der Waals surface area contributed by atoms with Gasteiger partial charge in [-0.15, -0.1) is 22.7 Å². The van der Waals surface area contributed by atoms with E-state index in [1.165, 1.54) is 18.4 Å². The Balaban J connectivity index is 1.63. The first kappa shape index (κ1) is 23.9. The topological polar surface area (TPSA) is 82.6 Å². The number of hydrogen-bond donors (Lipinski definition) is 1. The van der Waals surface area contributed by atoms with Gasteiger partial charge in [-0.25, -0.2) is 14.8 Å². The highest BCUT2D eigenvalue weighted by Gasteiger charge is 2.19. The highest BCUT2D eigenvalue weighted by molar-refractivity contribution is 7.16. The first-order valence-electron chi connectivity index (χ1n) is 10.7. The molecule has 1 N–H and O–H groups in total. The molecular formula is C25H25N3O4S2. The molecule has 3 aromatic heterocycles. The Morgan fingerprint density at radius 2 is 1.97 bits per heavy atom. The number of thiazole rings is 1. The van der Waals surface area contributed by atoms with Crippen LogP contribution in [0.25, 0.3) is 21.7 Å². The highest BCUT2D eigenvalue weighted by Crippen LogP contribution is 2.35. The average Bonchev–Trinajstić information content (AvgIpc) is 3.54. The van der Waals surface area contributed by atoms with Gasteiger partial charge in [-0.3, -0.25) is 0 Å². The molecule has 0 atom stereocenters. The summed E-state index contributed by atoms with van der Waals surface area (Å²) in [5.74, 6) is 0.714. The van der Waals surface area contributed by atoms with Crippen LogP contribution in [0, 0.1) is 0 Å². The SMILES string of the molecule is CCc1sc(Nc2ncc(-c3cccs3)cc2C(=O)OC)nc1-c1cccc(OCCOC)c1. The van der Waals surface area contributed by atoms with Crippen LogP contribution in [0.15, 0.2) is 54.0 Å². The molecule has 0 saturated carbocycles. The lowest BCUT2D eigenvalue weighted by atomic mass is 10.1. The quantitative estimate of drug-likeness (QED) is 0.212. The summed E-state index contributed by atoms with van der Waals surface area (Å²) in [4.78, 5) is 24.0. The Morgan fingerprint density at radius 3 is 2.71 bits per heavy atom. The molecule has 0 spiro atoms.